The lowest BCUT2D eigenvalue weighted by Gasteiger charge is -2.23. The Labute approximate surface area is 210 Å². The number of ketones is 1. The summed E-state index contributed by atoms with van der Waals surface area (Å²) < 4.78 is 5.44. The molecule has 0 aromatic heterocycles. The molecule has 9 heteroatoms. The molecule has 0 fully saturated rings. The molecule has 0 saturated heterocycles. The molecule has 2 aromatic carbocycles. The molecule has 0 spiro atoms. The van der Waals surface area contributed by atoms with Crippen molar-refractivity contribution in [3.8, 4) is 17.2 Å². The predicted octanol–water partition coefficient (Wildman–Crippen LogP) is 3.52. The molecule has 0 saturated carbocycles. The highest BCUT2D eigenvalue weighted by Crippen LogP contribution is 2.24. The van der Waals surface area contributed by atoms with Gasteiger partial charge in [-0.05, 0) is 54.2 Å². The fraction of sp³-hybridized carbons (Fsp3) is 0.400. The first-order valence-electron chi connectivity index (χ1n) is 10.9. The van der Waals surface area contributed by atoms with E-state index in [1.165, 1.54) is 18.2 Å². The maximum absolute atomic E-state index is 12.6. The maximum atomic E-state index is 12.6. The number of amides is 1. The molecule has 0 bridgehead atoms. The Morgan fingerprint density at radius 1 is 0.971 bits per heavy atom. The summed E-state index contributed by atoms with van der Waals surface area (Å²) in [6.45, 7) is 7.26. The molecule has 0 heterocycles. The topological polar surface area (TPSA) is 139 Å². The molecule has 1 unspecified atom stereocenters. The second-order valence-corrected chi connectivity index (χ2v) is 8.69. The molecule has 0 aliphatic carbocycles. The van der Waals surface area contributed by atoms with Gasteiger partial charge in [-0.3, -0.25) is 9.59 Å². The van der Waals surface area contributed by atoms with Crippen molar-refractivity contribution < 1.29 is 29.3 Å². The summed E-state index contributed by atoms with van der Waals surface area (Å²) in [7, 11) is 0. The molecule has 1 amide bonds. The highest BCUT2D eigenvalue weighted by Gasteiger charge is 2.29. The smallest absolute Gasteiger partial charge is 0.334 e. The largest absolute Gasteiger partial charge is 0.508 e. The minimum absolute atomic E-state index is 0. The Morgan fingerprint density at radius 2 is 1.59 bits per heavy atom. The summed E-state index contributed by atoms with van der Waals surface area (Å²) >= 11 is 0. The van der Waals surface area contributed by atoms with Crippen LogP contribution in [0.1, 0.15) is 50.0 Å². The molecule has 2 aromatic rings. The molecule has 186 valence electrons. The van der Waals surface area contributed by atoms with E-state index in [1.807, 2.05) is 13.8 Å². The summed E-state index contributed by atoms with van der Waals surface area (Å²) in [5.74, 6) is -1.51. The summed E-state index contributed by atoms with van der Waals surface area (Å²) in [5.41, 5.74) is 6.77. The number of nitrogens with one attached hydrogen (secondary N) is 1. The Kier molecular flexibility index (Phi) is 11.2. The number of ether oxygens (including phenoxy) is 1. The number of aromatic hydroxyl groups is 2. The number of halogens is 1. The van der Waals surface area contributed by atoms with Gasteiger partial charge in [-0.1, -0.05) is 39.8 Å². The summed E-state index contributed by atoms with van der Waals surface area (Å²) in [5, 5.41) is 22.0. The van der Waals surface area contributed by atoms with Gasteiger partial charge in [0.15, 0.2) is 5.78 Å². The Balaban J connectivity index is 0.00000578. The van der Waals surface area contributed by atoms with E-state index >= 15 is 0 Å². The molecule has 0 aliphatic heterocycles. The van der Waals surface area contributed by atoms with Crippen LogP contribution >= 0.6 is 17.0 Å². The van der Waals surface area contributed by atoms with Gasteiger partial charge in [0.25, 0.3) is 0 Å². The van der Waals surface area contributed by atoms with Crippen molar-refractivity contribution in [2.45, 2.75) is 52.6 Å². The van der Waals surface area contributed by atoms with Crippen LogP contribution in [-0.2, 0) is 16.0 Å². The maximum Gasteiger partial charge on any atom is 0.334 e. The molecule has 0 aliphatic rings. The van der Waals surface area contributed by atoms with Gasteiger partial charge in [-0.25, -0.2) is 4.79 Å². The number of hydrogen-bond donors (Lipinski definition) is 4. The van der Waals surface area contributed by atoms with Crippen molar-refractivity contribution in [1.29, 1.82) is 0 Å². The number of rotatable bonds is 10. The number of carbonyl (C=O) groups excluding carboxylic acids is 3. The normalized spacial score (nSPS) is 12.6. The van der Waals surface area contributed by atoms with Crippen LogP contribution in [0.3, 0.4) is 0 Å². The average Bonchev–Trinajstić information content (AvgIpc) is 2.77. The standard InChI is InChI=1S/C25H32N2O6.BrH/c1-14(2)22(26)24(31)27-23(15(3)4)25(32)33-18-9-5-16(6-10-18)7-11-20(29)19-13-17(28)8-12-21(19)30;/h5-6,8-10,12-15,22-23,28,30H,7,11,26H2,1-4H3,(H,27,31);1H/t22?,23-;/m0./s1. The quantitative estimate of drug-likeness (QED) is 0.157. The first-order valence-corrected chi connectivity index (χ1v) is 10.9. The van der Waals surface area contributed by atoms with Crippen molar-refractivity contribution in [3.05, 3.63) is 53.6 Å². The molecule has 2 rings (SSSR count). The number of phenols is 2. The van der Waals surface area contributed by atoms with Crippen LogP contribution in [0.5, 0.6) is 17.2 Å². The van der Waals surface area contributed by atoms with Crippen molar-refractivity contribution in [1.82, 2.24) is 5.32 Å². The van der Waals surface area contributed by atoms with Gasteiger partial charge in [0, 0.05) is 6.42 Å². The van der Waals surface area contributed by atoms with Crippen molar-refractivity contribution in [3.63, 3.8) is 0 Å². The molecule has 5 N–H and O–H groups in total. The average molecular weight is 537 g/mol. The van der Waals surface area contributed by atoms with Crippen molar-refractivity contribution >= 4 is 34.6 Å². The molecule has 8 nitrogen and oxygen atoms in total. The summed E-state index contributed by atoms with van der Waals surface area (Å²) in [4.78, 5) is 37.2. The second-order valence-electron chi connectivity index (χ2n) is 8.69. The van der Waals surface area contributed by atoms with Crippen LogP contribution in [0.15, 0.2) is 42.5 Å². The number of aryl methyl sites for hydroxylation is 1. The van der Waals surface area contributed by atoms with E-state index < -0.39 is 24.0 Å². The number of benzene rings is 2. The number of nitrogens with two attached hydrogens (primary N) is 1. The zero-order valence-electron chi connectivity index (χ0n) is 19.8. The van der Waals surface area contributed by atoms with Crippen LogP contribution in [0.2, 0.25) is 0 Å². The first kappa shape index (κ1) is 29.1. The molecule has 34 heavy (non-hydrogen) atoms. The SMILES string of the molecule is Br.CC(C)C(N)C(=O)N[C@H](C(=O)Oc1ccc(CCC(=O)c2cc(O)ccc2O)cc1)C(C)C. The molecule has 0 radical (unpaired) electrons. The van der Waals surface area contributed by atoms with Crippen LogP contribution in [0.4, 0.5) is 0 Å². The zero-order chi connectivity index (χ0) is 24.7. The van der Waals surface area contributed by atoms with Crippen LogP contribution in [0.25, 0.3) is 0 Å². The Morgan fingerprint density at radius 3 is 2.15 bits per heavy atom. The van der Waals surface area contributed by atoms with Gasteiger partial charge in [0.1, 0.15) is 23.3 Å². The van der Waals surface area contributed by atoms with Crippen LogP contribution in [-0.4, -0.2) is 40.0 Å². The first-order chi connectivity index (χ1) is 15.5. The van der Waals surface area contributed by atoms with E-state index in [0.717, 1.165) is 5.56 Å². The van der Waals surface area contributed by atoms with Crippen molar-refractivity contribution in [2.75, 3.05) is 0 Å². The number of Topliss-reactive ketones (excluding diaryl/α,β-unsaturated/α-hetero) is 1. The monoisotopic (exact) mass is 536 g/mol. The molecular weight excluding hydrogens is 504 g/mol. The minimum atomic E-state index is -0.838. The number of esters is 1. The van der Waals surface area contributed by atoms with E-state index in [4.69, 9.17) is 10.5 Å². The van der Waals surface area contributed by atoms with E-state index in [-0.39, 0.29) is 58.1 Å². The van der Waals surface area contributed by atoms with Gasteiger partial charge < -0.3 is 26.0 Å². The minimum Gasteiger partial charge on any atom is -0.508 e. The fourth-order valence-electron chi connectivity index (χ4n) is 3.09. The van der Waals surface area contributed by atoms with Gasteiger partial charge >= 0.3 is 5.97 Å². The third kappa shape index (κ3) is 8.14. The van der Waals surface area contributed by atoms with Crippen molar-refractivity contribution in [2.24, 2.45) is 17.6 Å². The third-order valence-corrected chi connectivity index (χ3v) is 5.30. The van der Waals surface area contributed by atoms with E-state index in [0.29, 0.717) is 12.2 Å². The van der Waals surface area contributed by atoms with Crippen LogP contribution in [0, 0.1) is 11.8 Å². The Bertz CT molecular complexity index is 991. The summed E-state index contributed by atoms with van der Waals surface area (Å²) in [6, 6.07) is 8.95. The Hall–Kier alpha value is -2.91. The van der Waals surface area contributed by atoms with E-state index in [9.17, 15) is 24.6 Å². The van der Waals surface area contributed by atoms with Gasteiger partial charge in [-0.2, -0.15) is 0 Å². The van der Waals surface area contributed by atoms with E-state index in [2.05, 4.69) is 5.32 Å². The number of carbonyl (C=O) groups is 3. The molecule has 2 atom stereocenters. The summed E-state index contributed by atoms with van der Waals surface area (Å²) in [6.07, 6.45) is 0.535. The lowest BCUT2D eigenvalue weighted by Crippen LogP contribution is -2.53. The fourth-order valence-corrected chi connectivity index (χ4v) is 3.09. The molecular formula is C25H33BrN2O6. The van der Waals surface area contributed by atoms with Gasteiger partial charge in [-0.15, -0.1) is 17.0 Å². The van der Waals surface area contributed by atoms with Crippen LogP contribution < -0.4 is 15.8 Å². The highest BCUT2D eigenvalue weighted by atomic mass is 79.9. The van der Waals surface area contributed by atoms with Gasteiger partial charge in [0.2, 0.25) is 5.91 Å². The lowest BCUT2D eigenvalue weighted by atomic mass is 10.0. The number of phenolic OH excluding ortho intramolecular Hbond substituents is 2. The lowest BCUT2D eigenvalue weighted by molar-refractivity contribution is -0.141. The number of hydrogen-bond acceptors (Lipinski definition) is 7. The second kappa shape index (κ2) is 13.1. The third-order valence-electron chi connectivity index (χ3n) is 5.30. The van der Waals surface area contributed by atoms with Gasteiger partial charge in [0.05, 0.1) is 11.6 Å². The van der Waals surface area contributed by atoms with E-state index in [1.54, 1.807) is 38.1 Å². The zero-order valence-corrected chi connectivity index (χ0v) is 21.5. The predicted molar refractivity (Wildman–Crippen MR) is 134 cm³/mol. The highest BCUT2D eigenvalue weighted by molar-refractivity contribution is 8.93.